The molecule has 27 heavy (non-hydrogen) atoms. The molecule has 0 fully saturated rings. The van der Waals surface area contributed by atoms with Crippen LogP contribution in [-0.4, -0.2) is 20.9 Å². The van der Waals surface area contributed by atoms with Crippen LogP contribution in [0.2, 0.25) is 0 Å². The van der Waals surface area contributed by atoms with Crippen LogP contribution < -0.4 is 0 Å². The number of nitrogens with zero attached hydrogens (tertiary/aromatic N) is 3. The van der Waals surface area contributed by atoms with E-state index in [9.17, 15) is 14.5 Å². The Balaban J connectivity index is 2.02. The van der Waals surface area contributed by atoms with E-state index in [4.69, 9.17) is 0 Å². The number of pyridine rings is 1. The van der Waals surface area contributed by atoms with Crippen LogP contribution in [0, 0.1) is 15.9 Å². The maximum atomic E-state index is 14.0. The number of hydrogen-bond donors (Lipinski definition) is 0. The number of benzene rings is 2. The van der Waals surface area contributed by atoms with Gasteiger partial charge in [0.05, 0.1) is 17.3 Å². The summed E-state index contributed by atoms with van der Waals surface area (Å²) in [4.78, 5) is 15.7. The molecule has 0 spiro atoms. The van der Waals surface area contributed by atoms with Gasteiger partial charge in [0.25, 0.3) is 0 Å². The third-order valence-electron chi connectivity index (χ3n) is 4.53. The molecule has 4 aromatic rings. The lowest BCUT2D eigenvalue weighted by molar-refractivity contribution is -0.482. The Morgan fingerprint density at radius 3 is 2.33 bits per heavy atom. The first kappa shape index (κ1) is 16.9. The average Bonchev–Trinajstić information content (AvgIpc) is 3.06. The molecule has 134 valence electrons. The van der Waals surface area contributed by atoms with Gasteiger partial charge in [0.15, 0.2) is 0 Å². The molecule has 4 rings (SSSR count). The smallest absolute Gasteiger partial charge is 0.216 e. The van der Waals surface area contributed by atoms with Crippen molar-refractivity contribution in [2.45, 2.75) is 5.92 Å². The van der Waals surface area contributed by atoms with Crippen molar-refractivity contribution >= 4 is 5.65 Å². The van der Waals surface area contributed by atoms with Gasteiger partial charge >= 0.3 is 0 Å². The van der Waals surface area contributed by atoms with E-state index in [1.807, 2.05) is 60.7 Å². The summed E-state index contributed by atoms with van der Waals surface area (Å²) in [5.41, 5.74) is 3.41. The molecule has 2 aromatic heterocycles. The molecule has 0 aliphatic rings. The van der Waals surface area contributed by atoms with Crippen LogP contribution in [0.3, 0.4) is 0 Å². The van der Waals surface area contributed by atoms with Gasteiger partial charge in [-0.25, -0.2) is 9.37 Å². The lowest BCUT2D eigenvalue weighted by Crippen LogP contribution is -2.16. The maximum Gasteiger partial charge on any atom is 0.216 e. The van der Waals surface area contributed by atoms with Crippen molar-refractivity contribution in [3.63, 3.8) is 0 Å². The van der Waals surface area contributed by atoms with Crippen molar-refractivity contribution in [1.82, 2.24) is 9.38 Å². The zero-order valence-corrected chi connectivity index (χ0v) is 14.3. The quantitative estimate of drug-likeness (QED) is 0.387. The van der Waals surface area contributed by atoms with Gasteiger partial charge in [-0.2, -0.15) is 0 Å². The van der Waals surface area contributed by atoms with E-state index in [2.05, 4.69) is 4.98 Å². The number of halogens is 1. The predicted octanol–water partition coefficient (Wildman–Crippen LogP) is 4.55. The van der Waals surface area contributed by atoms with Crippen molar-refractivity contribution in [1.29, 1.82) is 0 Å². The number of aromatic nitrogens is 2. The lowest BCUT2D eigenvalue weighted by Gasteiger charge is -2.15. The van der Waals surface area contributed by atoms with Gasteiger partial charge in [0.1, 0.15) is 11.5 Å². The molecular weight excluding hydrogens is 345 g/mol. The molecule has 0 N–H and O–H groups in total. The minimum Gasteiger partial charge on any atom is -0.300 e. The van der Waals surface area contributed by atoms with Gasteiger partial charge in [0, 0.05) is 16.7 Å². The topological polar surface area (TPSA) is 60.4 Å². The van der Waals surface area contributed by atoms with Crippen LogP contribution in [0.15, 0.2) is 79.0 Å². The minimum absolute atomic E-state index is 0.311. The Hall–Kier alpha value is -3.54. The molecule has 5 nitrogen and oxygen atoms in total. The minimum atomic E-state index is -0.562. The first-order valence-corrected chi connectivity index (χ1v) is 8.53. The first-order valence-electron chi connectivity index (χ1n) is 8.53. The molecule has 1 atom stereocenters. The molecule has 0 amide bonds. The Kier molecular flexibility index (Phi) is 4.38. The molecule has 1 unspecified atom stereocenters. The first-order chi connectivity index (χ1) is 13.1. The molecule has 0 aliphatic heterocycles. The van der Waals surface area contributed by atoms with Gasteiger partial charge in [0.2, 0.25) is 6.54 Å². The van der Waals surface area contributed by atoms with Crippen molar-refractivity contribution < 1.29 is 9.31 Å². The van der Waals surface area contributed by atoms with Crippen LogP contribution in [-0.2, 0) is 0 Å². The second-order valence-electron chi connectivity index (χ2n) is 6.27. The number of nitro groups is 1. The van der Waals surface area contributed by atoms with Gasteiger partial charge in [-0.1, -0.05) is 60.7 Å². The van der Waals surface area contributed by atoms with Gasteiger partial charge in [-0.15, -0.1) is 0 Å². The highest BCUT2D eigenvalue weighted by atomic mass is 19.1. The lowest BCUT2D eigenvalue weighted by atomic mass is 9.92. The highest BCUT2D eigenvalue weighted by Gasteiger charge is 2.28. The summed E-state index contributed by atoms with van der Waals surface area (Å²) in [5.74, 6) is -0.984. The largest absolute Gasteiger partial charge is 0.300 e. The second kappa shape index (κ2) is 6.99. The summed E-state index contributed by atoms with van der Waals surface area (Å²) < 4.78 is 15.6. The van der Waals surface area contributed by atoms with E-state index >= 15 is 0 Å². The molecule has 0 bridgehead atoms. The average molecular weight is 361 g/mol. The molecule has 0 radical (unpaired) electrons. The summed E-state index contributed by atoms with van der Waals surface area (Å²) in [6, 6.07) is 21.6. The van der Waals surface area contributed by atoms with Crippen LogP contribution in [0.25, 0.3) is 16.9 Å². The summed E-state index contributed by atoms with van der Waals surface area (Å²) in [7, 11) is 0. The summed E-state index contributed by atoms with van der Waals surface area (Å²) in [6.45, 7) is -0.311. The van der Waals surface area contributed by atoms with Gasteiger partial charge < -0.3 is 0 Å². The Morgan fingerprint density at radius 1 is 1.00 bits per heavy atom. The molecule has 6 heteroatoms. The highest BCUT2D eigenvalue weighted by molar-refractivity contribution is 5.68. The summed E-state index contributed by atoms with van der Waals surface area (Å²) in [6.07, 6.45) is 1.33. The molecular formula is C21H16FN3O2. The van der Waals surface area contributed by atoms with Crippen molar-refractivity contribution in [2.24, 2.45) is 0 Å². The molecule has 0 aliphatic carbocycles. The summed E-state index contributed by atoms with van der Waals surface area (Å²) >= 11 is 0. The Labute approximate surface area is 154 Å². The van der Waals surface area contributed by atoms with Crippen LogP contribution >= 0.6 is 0 Å². The zero-order chi connectivity index (χ0) is 18.8. The normalized spacial score (nSPS) is 12.2. The fraction of sp³-hybridized carbons (Fsp3) is 0.0952. The van der Waals surface area contributed by atoms with E-state index < -0.39 is 11.7 Å². The molecule has 2 heterocycles. The van der Waals surface area contributed by atoms with Crippen molar-refractivity contribution in [3.05, 3.63) is 106 Å². The van der Waals surface area contributed by atoms with Gasteiger partial charge in [-0.3, -0.25) is 14.5 Å². The van der Waals surface area contributed by atoms with Crippen LogP contribution in [0.5, 0.6) is 0 Å². The third kappa shape index (κ3) is 3.29. The van der Waals surface area contributed by atoms with Crippen LogP contribution in [0.1, 0.15) is 17.2 Å². The monoisotopic (exact) mass is 361 g/mol. The van der Waals surface area contributed by atoms with E-state index in [1.54, 1.807) is 10.5 Å². The maximum absolute atomic E-state index is 14.0. The van der Waals surface area contributed by atoms with E-state index in [0.29, 0.717) is 17.0 Å². The summed E-state index contributed by atoms with van der Waals surface area (Å²) in [5, 5.41) is 11.4. The Morgan fingerprint density at radius 2 is 1.67 bits per heavy atom. The highest BCUT2D eigenvalue weighted by Crippen LogP contribution is 2.34. The molecule has 2 aromatic carbocycles. The number of hydrogen-bond acceptors (Lipinski definition) is 3. The standard InChI is InChI=1S/C21H16FN3O2/c22-17-11-12-19-23-20(16-9-5-2-6-10-16)21(24(19)13-17)18(14-25(26)27)15-7-3-1-4-8-15/h1-13,18H,14H2. The van der Waals surface area contributed by atoms with Crippen LogP contribution in [0.4, 0.5) is 4.39 Å². The Bertz CT molecular complexity index is 1090. The molecule has 0 saturated heterocycles. The third-order valence-corrected chi connectivity index (χ3v) is 4.53. The SMILES string of the molecule is O=[N+]([O-])CC(c1ccccc1)c1c(-c2ccccc2)nc2ccc(F)cn12. The van der Waals surface area contributed by atoms with Crippen molar-refractivity contribution in [3.8, 4) is 11.3 Å². The number of fused-ring (bicyclic) bond motifs is 1. The van der Waals surface area contributed by atoms with Gasteiger partial charge in [-0.05, 0) is 17.7 Å². The number of rotatable bonds is 5. The fourth-order valence-electron chi connectivity index (χ4n) is 3.36. The van der Waals surface area contributed by atoms with E-state index in [1.165, 1.54) is 12.3 Å². The predicted molar refractivity (Wildman–Crippen MR) is 101 cm³/mol. The fourth-order valence-corrected chi connectivity index (χ4v) is 3.36. The van der Waals surface area contributed by atoms with E-state index in [0.717, 1.165) is 11.1 Å². The number of imidazole rings is 1. The second-order valence-corrected chi connectivity index (χ2v) is 6.27. The van der Waals surface area contributed by atoms with E-state index in [-0.39, 0.29) is 11.5 Å². The molecule has 0 saturated carbocycles. The van der Waals surface area contributed by atoms with Crippen molar-refractivity contribution in [2.75, 3.05) is 6.54 Å². The zero-order valence-electron chi connectivity index (χ0n) is 14.3.